The van der Waals surface area contributed by atoms with Crippen molar-refractivity contribution in [2.75, 3.05) is 6.61 Å². The molecule has 0 aliphatic heterocycles. The third-order valence-corrected chi connectivity index (χ3v) is 9.98. The van der Waals surface area contributed by atoms with E-state index in [9.17, 15) is 20.1 Å². The number of hydrogen-bond acceptors (Lipinski definition) is 4. The molecule has 0 bridgehead atoms. The summed E-state index contributed by atoms with van der Waals surface area (Å²) in [7, 11) is 0. The van der Waals surface area contributed by atoms with Crippen LogP contribution in [0.15, 0.2) is 0 Å². The van der Waals surface area contributed by atoms with E-state index in [4.69, 9.17) is 0 Å². The molecular formula is C41H83NO4. The van der Waals surface area contributed by atoms with Gasteiger partial charge in [-0.2, -0.15) is 0 Å². The van der Waals surface area contributed by atoms with E-state index in [1.54, 1.807) is 0 Å². The highest BCUT2D eigenvalue weighted by atomic mass is 16.3. The molecule has 0 heterocycles. The average Bonchev–Trinajstić information content (AvgIpc) is 3.06. The molecule has 0 aromatic carbocycles. The van der Waals surface area contributed by atoms with Crippen LogP contribution in [0.1, 0.15) is 232 Å². The molecule has 3 unspecified atom stereocenters. The number of hydrogen-bond donors (Lipinski definition) is 4. The van der Waals surface area contributed by atoms with E-state index in [1.165, 1.54) is 173 Å². The number of amides is 1. The van der Waals surface area contributed by atoms with Crippen molar-refractivity contribution in [3.63, 3.8) is 0 Å². The van der Waals surface area contributed by atoms with Crippen molar-refractivity contribution in [2.45, 2.75) is 250 Å². The average molecular weight is 654 g/mol. The van der Waals surface area contributed by atoms with Gasteiger partial charge in [-0.25, -0.2) is 0 Å². The maximum Gasteiger partial charge on any atom is 0.249 e. The molecule has 0 rings (SSSR count). The van der Waals surface area contributed by atoms with Gasteiger partial charge < -0.3 is 20.6 Å². The maximum absolute atomic E-state index is 12.4. The number of unbranched alkanes of at least 4 members (excludes halogenated alkanes) is 30. The van der Waals surface area contributed by atoms with Gasteiger partial charge in [0.15, 0.2) is 0 Å². The Morgan fingerprint density at radius 1 is 0.435 bits per heavy atom. The third kappa shape index (κ3) is 31.9. The van der Waals surface area contributed by atoms with Gasteiger partial charge in [0.1, 0.15) is 6.10 Å². The van der Waals surface area contributed by atoms with Crippen LogP contribution in [-0.4, -0.2) is 46.1 Å². The van der Waals surface area contributed by atoms with Gasteiger partial charge in [0, 0.05) is 0 Å². The summed E-state index contributed by atoms with van der Waals surface area (Å²) in [6.45, 7) is 4.22. The largest absolute Gasteiger partial charge is 0.394 e. The first-order chi connectivity index (χ1) is 22.6. The fourth-order valence-electron chi connectivity index (χ4n) is 6.66. The Morgan fingerprint density at radius 3 is 0.978 bits per heavy atom. The number of carbonyl (C=O) groups is 1. The Morgan fingerprint density at radius 2 is 0.696 bits per heavy atom. The first kappa shape index (κ1) is 45.3. The molecule has 0 saturated heterocycles. The van der Waals surface area contributed by atoms with Gasteiger partial charge in [0.2, 0.25) is 5.91 Å². The second kappa shape index (κ2) is 37.2. The first-order valence-electron chi connectivity index (χ1n) is 20.8. The van der Waals surface area contributed by atoms with E-state index in [-0.39, 0.29) is 6.61 Å². The number of carbonyl (C=O) groups excluding carboxylic acids is 1. The standard InChI is InChI=1S/C41H83NO4/c1-3-5-7-9-11-13-15-16-17-18-19-20-21-22-23-24-25-26-28-30-32-34-36-40(45)41(46)42-38(37-43)39(44)35-33-31-29-27-14-12-10-8-6-4-2/h38-40,43-45H,3-37H2,1-2H3,(H,42,46). The molecule has 0 radical (unpaired) electrons. The highest BCUT2D eigenvalue weighted by Crippen LogP contribution is 2.17. The van der Waals surface area contributed by atoms with E-state index in [2.05, 4.69) is 19.2 Å². The van der Waals surface area contributed by atoms with Crippen LogP contribution in [0.3, 0.4) is 0 Å². The molecule has 46 heavy (non-hydrogen) atoms. The third-order valence-electron chi connectivity index (χ3n) is 9.98. The zero-order chi connectivity index (χ0) is 33.8. The number of rotatable bonds is 38. The molecule has 276 valence electrons. The molecule has 5 nitrogen and oxygen atoms in total. The van der Waals surface area contributed by atoms with Crippen molar-refractivity contribution < 1.29 is 20.1 Å². The van der Waals surface area contributed by atoms with E-state index in [0.717, 1.165) is 32.1 Å². The van der Waals surface area contributed by atoms with Gasteiger partial charge in [0.05, 0.1) is 18.8 Å². The van der Waals surface area contributed by atoms with Crippen LogP contribution in [0.2, 0.25) is 0 Å². The molecule has 3 atom stereocenters. The molecular weight excluding hydrogens is 570 g/mol. The molecule has 5 heteroatoms. The minimum Gasteiger partial charge on any atom is -0.394 e. The maximum atomic E-state index is 12.4. The molecule has 0 spiro atoms. The fourth-order valence-corrected chi connectivity index (χ4v) is 6.66. The lowest BCUT2D eigenvalue weighted by Gasteiger charge is -2.23. The van der Waals surface area contributed by atoms with Crippen LogP contribution in [0.25, 0.3) is 0 Å². The van der Waals surface area contributed by atoms with Crippen molar-refractivity contribution >= 4 is 5.91 Å². The van der Waals surface area contributed by atoms with Crippen LogP contribution >= 0.6 is 0 Å². The van der Waals surface area contributed by atoms with Crippen molar-refractivity contribution in [2.24, 2.45) is 0 Å². The summed E-state index contributed by atoms with van der Waals surface area (Å²) in [5, 5.41) is 33.1. The predicted molar refractivity (Wildman–Crippen MR) is 199 cm³/mol. The molecule has 0 aromatic rings. The van der Waals surface area contributed by atoms with Crippen LogP contribution in [0.4, 0.5) is 0 Å². The fraction of sp³-hybridized carbons (Fsp3) is 0.976. The van der Waals surface area contributed by atoms with Gasteiger partial charge >= 0.3 is 0 Å². The van der Waals surface area contributed by atoms with Crippen LogP contribution in [0, 0.1) is 0 Å². The van der Waals surface area contributed by atoms with E-state index in [1.807, 2.05) is 0 Å². The Bertz CT molecular complexity index is 601. The molecule has 0 fully saturated rings. The molecule has 0 saturated carbocycles. The zero-order valence-electron chi connectivity index (χ0n) is 31.2. The van der Waals surface area contributed by atoms with Gasteiger partial charge in [-0.3, -0.25) is 4.79 Å². The highest BCUT2D eigenvalue weighted by molar-refractivity contribution is 5.80. The molecule has 1 amide bonds. The van der Waals surface area contributed by atoms with E-state index < -0.39 is 24.2 Å². The van der Waals surface area contributed by atoms with Crippen LogP contribution in [-0.2, 0) is 4.79 Å². The summed E-state index contributed by atoms with van der Waals surface area (Å²) in [4.78, 5) is 12.4. The van der Waals surface area contributed by atoms with Crippen LogP contribution < -0.4 is 5.32 Å². The Labute approximate surface area is 287 Å². The van der Waals surface area contributed by atoms with Gasteiger partial charge in [-0.1, -0.05) is 219 Å². The first-order valence-corrected chi connectivity index (χ1v) is 20.8. The summed E-state index contributed by atoms with van der Waals surface area (Å²) < 4.78 is 0. The highest BCUT2D eigenvalue weighted by Gasteiger charge is 2.23. The molecule has 0 aliphatic carbocycles. The van der Waals surface area contributed by atoms with Crippen molar-refractivity contribution in [1.82, 2.24) is 5.32 Å². The minimum atomic E-state index is -1.07. The molecule has 0 aromatic heterocycles. The monoisotopic (exact) mass is 654 g/mol. The van der Waals surface area contributed by atoms with Gasteiger partial charge in [-0.05, 0) is 12.8 Å². The SMILES string of the molecule is CCCCCCCCCCCCCCCCCCCCCCCCC(O)C(=O)NC(CO)C(O)CCCCCCCCCCCC. The van der Waals surface area contributed by atoms with Crippen molar-refractivity contribution in [3.8, 4) is 0 Å². The summed E-state index contributed by atoms with van der Waals surface area (Å²) in [5.41, 5.74) is 0. The topological polar surface area (TPSA) is 89.8 Å². The summed E-state index contributed by atoms with van der Waals surface area (Å²) in [6, 6.07) is -0.703. The summed E-state index contributed by atoms with van der Waals surface area (Å²) in [6.07, 6.45) is 41.1. The Balaban J connectivity index is 3.54. The molecule has 0 aliphatic rings. The van der Waals surface area contributed by atoms with Crippen molar-refractivity contribution in [1.29, 1.82) is 0 Å². The predicted octanol–water partition coefficient (Wildman–Crippen LogP) is 11.5. The Hall–Kier alpha value is -0.650. The van der Waals surface area contributed by atoms with Crippen molar-refractivity contribution in [3.05, 3.63) is 0 Å². The number of aliphatic hydroxyl groups is 3. The lowest BCUT2D eigenvalue weighted by molar-refractivity contribution is -0.131. The summed E-state index contributed by atoms with van der Waals surface area (Å²) >= 11 is 0. The second-order valence-corrected chi connectivity index (χ2v) is 14.6. The smallest absolute Gasteiger partial charge is 0.249 e. The van der Waals surface area contributed by atoms with E-state index >= 15 is 0 Å². The van der Waals surface area contributed by atoms with Gasteiger partial charge in [0.25, 0.3) is 0 Å². The summed E-state index contributed by atoms with van der Waals surface area (Å²) in [5.74, 6) is -0.468. The second-order valence-electron chi connectivity index (χ2n) is 14.6. The minimum absolute atomic E-state index is 0.309. The number of nitrogens with one attached hydrogen (secondary N) is 1. The van der Waals surface area contributed by atoms with Crippen LogP contribution in [0.5, 0.6) is 0 Å². The number of aliphatic hydroxyl groups excluding tert-OH is 3. The van der Waals surface area contributed by atoms with E-state index in [0.29, 0.717) is 12.8 Å². The molecule has 4 N–H and O–H groups in total. The Kier molecular flexibility index (Phi) is 36.6. The lowest BCUT2D eigenvalue weighted by atomic mass is 10.0. The van der Waals surface area contributed by atoms with Gasteiger partial charge in [-0.15, -0.1) is 0 Å². The quantitative estimate of drug-likeness (QED) is 0.0499. The zero-order valence-corrected chi connectivity index (χ0v) is 31.2. The lowest BCUT2D eigenvalue weighted by Crippen LogP contribution is -2.49. The normalized spacial score (nSPS) is 13.6.